The summed E-state index contributed by atoms with van der Waals surface area (Å²) in [6.07, 6.45) is -0.441. The highest BCUT2D eigenvalue weighted by atomic mass is 35.5. The molecule has 2 N–H and O–H groups in total. The number of aliphatic hydroxyl groups excluding tert-OH is 1. The first-order chi connectivity index (χ1) is 19.4. The van der Waals surface area contributed by atoms with E-state index in [9.17, 15) is 18.3 Å². The molecule has 0 fully saturated rings. The number of carbonyl (C=O) groups excluding carboxylic acids is 1. The summed E-state index contributed by atoms with van der Waals surface area (Å²) in [5, 5.41) is 11.3. The average Bonchev–Trinajstić information content (AvgIpc) is 2.92. The standard InChI is InChI=1S/C29H32Cl3N3O5S/c1-18-14-35(19(2)17-36)29(37)23-5-4-6-26(33-41(38,39)22-10-8-21(30)9-11-22)28(23)40-27(18)16-34(3)15-20-7-12-24(31)25(32)13-20/h4-13,18-19,27,33,36H,14-17H2,1-3H3/t18-,19+,27+/m1/s1. The molecule has 12 heteroatoms. The minimum atomic E-state index is -4.03. The zero-order chi connectivity index (χ0) is 29.9. The van der Waals surface area contributed by atoms with E-state index < -0.39 is 22.2 Å². The van der Waals surface area contributed by atoms with Crippen LogP contribution in [0, 0.1) is 5.92 Å². The molecule has 0 radical (unpaired) electrons. The Hall–Kier alpha value is -2.53. The molecular formula is C29H32Cl3N3O5S. The predicted molar refractivity (Wildman–Crippen MR) is 163 cm³/mol. The minimum Gasteiger partial charge on any atom is -0.486 e. The number of hydrogen-bond donors (Lipinski definition) is 2. The van der Waals surface area contributed by atoms with E-state index in [-0.39, 0.29) is 40.3 Å². The maximum atomic E-state index is 13.7. The van der Waals surface area contributed by atoms with Crippen molar-refractivity contribution in [2.24, 2.45) is 5.92 Å². The topological polar surface area (TPSA) is 99.2 Å². The molecule has 0 aromatic heterocycles. The van der Waals surface area contributed by atoms with Crippen LogP contribution in [0.15, 0.2) is 65.6 Å². The van der Waals surface area contributed by atoms with E-state index in [1.54, 1.807) is 36.1 Å². The van der Waals surface area contributed by atoms with Crippen molar-refractivity contribution in [1.82, 2.24) is 9.80 Å². The van der Waals surface area contributed by atoms with Gasteiger partial charge in [0.25, 0.3) is 15.9 Å². The Balaban J connectivity index is 1.70. The van der Waals surface area contributed by atoms with Crippen LogP contribution in [0.3, 0.4) is 0 Å². The number of fused-ring (bicyclic) bond motifs is 1. The van der Waals surface area contributed by atoms with Gasteiger partial charge in [-0.3, -0.25) is 14.4 Å². The summed E-state index contributed by atoms with van der Waals surface area (Å²) in [7, 11) is -2.09. The fourth-order valence-electron chi connectivity index (χ4n) is 4.68. The lowest BCUT2D eigenvalue weighted by molar-refractivity contribution is 0.0344. The van der Waals surface area contributed by atoms with Gasteiger partial charge in [0.2, 0.25) is 0 Å². The molecule has 0 saturated carbocycles. The molecule has 1 heterocycles. The lowest BCUT2D eigenvalue weighted by atomic mass is 9.99. The van der Waals surface area contributed by atoms with Gasteiger partial charge >= 0.3 is 0 Å². The van der Waals surface area contributed by atoms with E-state index in [4.69, 9.17) is 39.5 Å². The van der Waals surface area contributed by atoms with Crippen LogP contribution < -0.4 is 9.46 Å². The summed E-state index contributed by atoms with van der Waals surface area (Å²) in [5.41, 5.74) is 1.29. The summed E-state index contributed by atoms with van der Waals surface area (Å²) >= 11 is 18.2. The van der Waals surface area contributed by atoms with Gasteiger partial charge < -0.3 is 14.7 Å². The summed E-state index contributed by atoms with van der Waals surface area (Å²) in [6, 6.07) is 15.5. The fraction of sp³-hybridized carbons (Fsp3) is 0.345. The Labute approximate surface area is 255 Å². The molecule has 3 atom stereocenters. The number of likely N-dealkylation sites (N-methyl/N-ethyl adjacent to an activating group) is 1. The van der Waals surface area contributed by atoms with Crippen LogP contribution in [0.25, 0.3) is 0 Å². The first kappa shape index (κ1) is 31.4. The summed E-state index contributed by atoms with van der Waals surface area (Å²) in [5.74, 6) is -0.397. The fourth-order valence-corrected chi connectivity index (χ4v) is 6.19. The van der Waals surface area contributed by atoms with Gasteiger partial charge in [-0.05, 0) is 68.1 Å². The number of rotatable bonds is 9. The first-order valence-corrected chi connectivity index (χ1v) is 15.6. The molecule has 220 valence electrons. The smallest absolute Gasteiger partial charge is 0.262 e. The number of amides is 1. The van der Waals surface area contributed by atoms with Gasteiger partial charge in [0, 0.05) is 30.6 Å². The van der Waals surface area contributed by atoms with Crippen molar-refractivity contribution in [2.45, 2.75) is 37.4 Å². The molecule has 0 aliphatic carbocycles. The SMILES string of the molecule is C[C@@H]1CN([C@@H](C)CO)C(=O)c2cccc(NS(=O)(=O)c3ccc(Cl)cc3)c2O[C@H]1CN(C)Cc1ccc(Cl)c(Cl)c1. The zero-order valence-corrected chi connectivity index (χ0v) is 25.9. The molecule has 8 nitrogen and oxygen atoms in total. The number of nitrogens with one attached hydrogen (secondary N) is 1. The van der Waals surface area contributed by atoms with Gasteiger partial charge in [0.15, 0.2) is 5.75 Å². The molecular weight excluding hydrogens is 609 g/mol. The maximum absolute atomic E-state index is 13.7. The van der Waals surface area contributed by atoms with Crippen LogP contribution >= 0.6 is 34.8 Å². The van der Waals surface area contributed by atoms with Gasteiger partial charge in [0.05, 0.1) is 38.8 Å². The Morgan fingerprint density at radius 3 is 2.46 bits per heavy atom. The number of hydrogen-bond acceptors (Lipinski definition) is 6. The number of para-hydroxylation sites is 1. The molecule has 3 aromatic rings. The van der Waals surface area contributed by atoms with Gasteiger partial charge in [0.1, 0.15) is 6.10 Å². The number of sulfonamides is 1. The van der Waals surface area contributed by atoms with Gasteiger partial charge in [-0.1, -0.05) is 53.9 Å². The Kier molecular flexibility index (Phi) is 10.1. The molecule has 4 rings (SSSR count). The second kappa shape index (κ2) is 13.2. The Morgan fingerprint density at radius 1 is 1.10 bits per heavy atom. The number of halogens is 3. The van der Waals surface area contributed by atoms with E-state index in [0.29, 0.717) is 34.7 Å². The largest absolute Gasteiger partial charge is 0.486 e. The zero-order valence-electron chi connectivity index (χ0n) is 22.9. The van der Waals surface area contributed by atoms with Crippen molar-refractivity contribution in [3.05, 3.63) is 86.9 Å². The van der Waals surface area contributed by atoms with Crippen LogP contribution in [0.2, 0.25) is 15.1 Å². The molecule has 1 aliphatic rings. The number of anilines is 1. The number of carbonyl (C=O) groups is 1. The monoisotopic (exact) mass is 639 g/mol. The highest BCUT2D eigenvalue weighted by molar-refractivity contribution is 7.92. The summed E-state index contributed by atoms with van der Waals surface area (Å²) in [4.78, 5) is 17.4. The average molecular weight is 641 g/mol. The van der Waals surface area contributed by atoms with E-state index in [1.165, 1.54) is 24.3 Å². The second-order valence-corrected chi connectivity index (χ2v) is 13.2. The van der Waals surface area contributed by atoms with Crippen LogP contribution in [0.5, 0.6) is 5.75 Å². The summed E-state index contributed by atoms with van der Waals surface area (Å²) < 4.78 is 35.6. The molecule has 0 saturated heterocycles. The van der Waals surface area contributed by atoms with Gasteiger partial charge in [-0.25, -0.2) is 8.42 Å². The van der Waals surface area contributed by atoms with E-state index in [2.05, 4.69) is 9.62 Å². The maximum Gasteiger partial charge on any atom is 0.262 e. The van der Waals surface area contributed by atoms with Crippen molar-refractivity contribution in [3.8, 4) is 5.75 Å². The van der Waals surface area contributed by atoms with Gasteiger partial charge in [-0.2, -0.15) is 0 Å². The third kappa shape index (κ3) is 7.46. The molecule has 0 bridgehead atoms. The third-order valence-electron chi connectivity index (χ3n) is 6.99. The van der Waals surface area contributed by atoms with Crippen LogP contribution in [0.4, 0.5) is 5.69 Å². The number of nitrogens with zero attached hydrogens (tertiary/aromatic N) is 2. The van der Waals surface area contributed by atoms with Crippen molar-refractivity contribution in [1.29, 1.82) is 0 Å². The van der Waals surface area contributed by atoms with E-state index in [1.807, 2.05) is 26.1 Å². The number of benzene rings is 3. The van der Waals surface area contributed by atoms with Crippen molar-refractivity contribution in [3.63, 3.8) is 0 Å². The van der Waals surface area contributed by atoms with Crippen LogP contribution in [-0.4, -0.2) is 68.1 Å². The quantitative estimate of drug-likeness (QED) is 0.307. The molecule has 1 amide bonds. The number of aliphatic hydroxyl groups is 1. The normalized spacial score (nSPS) is 18.3. The first-order valence-electron chi connectivity index (χ1n) is 13.0. The van der Waals surface area contributed by atoms with Gasteiger partial charge in [-0.15, -0.1) is 0 Å². The van der Waals surface area contributed by atoms with Crippen molar-refractivity contribution >= 4 is 56.4 Å². The van der Waals surface area contributed by atoms with Crippen molar-refractivity contribution < 1.29 is 23.1 Å². The van der Waals surface area contributed by atoms with Crippen LogP contribution in [-0.2, 0) is 16.6 Å². The summed E-state index contributed by atoms with van der Waals surface area (Å²) in [6.45, 7) is 4.86. The Morgan fingerprint density at radius 2 is 1.80 bits per heavy atom. The second-order valence-electron chi connectivity index (χ2n) is 10.3. The van der Waals surface area contributed by atoms with Crippen molar-refractivity contribution in [2.75, 3.05) is 31.5 Å². The lowest BCUT2D eigenvalue weighted by Gasteiger charge is -2.38. The molecule has 0 spiro atoms. The molecule has 0 unspecified atom stereocenters. The number of ether oxygens (including phenoxy) is 1. The molecule has 3 aromatic carbocycles. The highest BCUT2D eigenvalue weighted by Gasteiger charge is 2.35. The van der Waals surface area contributed by atoms with E-state index in [0.717, 1.165) is 5.56 Å². The lowest BCUT2D eigenvalue weighted by Crippen LogP contribution is -2.49. The minimum absolute atomic E-state index is 0.0125. The Bertz CT molecular complexity index is 1500. The molecule has 1 aliphatic heterocycles. The predicted octanol–water partition coefficient (Wildman–Crippen LogP) is 5.80. The third-order valence-corrected chi connectivity index (χ3v) is 9.36. The highest BCUT2D eigenvalue weighted by Crippen LogP contribution is 2.36. The molecule has 41 heavy (non-hydrogen) atoms. The van der Waals surface area contributed by atoms with E-state index >= 15 is 0 Å². The van der Waals surface area contributed by atoms with Crippen LogP contribution in [0.1, 0.15) is 29.8 Å².